The zero-order valence-corrected chi connectivity index (χ0v) is 9.16. The largest absolute Gasteiger partial charge is 0.473 e. The third kappa shape index (κ3) is 6.18. The number of carboxylic acid groups (broad SMARTS) is 2. The van der Waals surface area contributed by atoms with Gasteiger partial charge in [-0.2, -0.15) is 13.2 Å². The molecule has 1 heterocycles. The number of ketones is 1. The summed E-state index contributed by atoms with van der Waals surface area (Å²) in [4.78, 5) is 28.9. The van der Waals surface area contributed by atoms with Crippen LogP contribution in [0.3, 0.4) is 0 Å². The Morgan fingerprint density at radius 1 is 1.11 bits per heavy atom. The van der Waals surface area contributed by atoms with Crippen molar-refractivity contribution in [2.45, 2.75) is 19.0 Å². The van der Waals surface area contributed by atoms with E-state index in [4.69, 9.17) is 19.8 Å². The second kappa shape index (κ2) is 6.94. The van der Waals surface area contributed by atoms with Crippen LogP contribution in [0.4, 0.5) is 13.2 Å². The number of carbonyl (C=O) groups is 3. The minimum Gasteiger partial charge on any atom is -0.473 e. The molecular weight excluding hydrogens is 259 g/mol. The Labute approximate surface area is 99.8 Å². The molecule has 0 bridgehead atoms. The first-order valence-electron chi connectivity index (χ1n) is 4.94. The van der Waals surface area contributed by atoms with Crippen molar-refractivity contribution in [3.05, 3.63) is 0 Å². The van der Waals surface area contributed by atoms with Crippen molar-refractivity contribution in [3.8, 4) is 0 Å². The summed E-state index contributed by atoms with van der Waals surface area (Å²) in [6, 6.07) is 0. The van der Waals surface area contributed by atoms with E-state index < -0.39 is 29.8 Å². The van der Waals surface area contributed by atoms with Gasteiger partial charge in [-0.3, -0.25) is 4.79 Å². The van der Waals surface area contributed by atoms with E-state index >= 15 is 0 Å². The summed E-state index contributed by atoms with van der Waals surface area (Å²) in [5.41, 5.74) is 0. The topological polar surface area (TPSA) is 104 Å². The standard InChI is InChI=1S/C7H10F3NO.C2H2O4/c8-7(9,10)6(12)5-2-1-3-11-4-5;3-1(4)2(5)6/h5,11H,1-4H2;(H,3,4)(H,5,6). The van der Waals surface area contributed by atoms with Crippen molar-refractivity contribution in [2.24, 2.45) is 5.92 Å². The fourth-order valence-electron chi connectivity index (χ4n) is 1.31. The van der Waals surface area contributed by atoms with E-state index in [1.54, 1.807) is 0 Å². The van der Waals surface area contributed by atoms with E-state index in [9.17, 15) is 18.0 Å². The van der Waals surface area contributed by atoms with Gasteiger partial charge in [-0.1, -0.05) is 0 Å². The SMILES string of the molecule is O=C(C1CCCNC1)C(F)(F)F.O=C(O)C(=O)O. The van der Waals surface area contributed by atoms with Crippen LogP contribution >= 0.6 is 0 Å². The molecule has 6 nitrogen and oxygen atoms in total. The van der Waals surface area contributed by atoms with Crippen LogP contribution in [-0.2, 0) is 14.4 Å². The number of alkyl halides is 3. The van der Waals surface area contributed by atoms with Gasteiger partial charge in [0.1, 0.15) is 0 Å². The first kappa shape index (κ1) is 16.4. The normalized spacial score (nSPS) is 19.4. The average Bonchev–Trinajstić information content (AvgIpc) is 2.28. The third-order valence-electron chi connectivity index (χ3n) is 2.13. The summed E-state index contributed by atoms with van der Waals surface area (Å²) in [6.45, 7) is 0.875. The first-order valence-corrected chi connectivity index (χ1v) is 4.94. The van der Waals surface area contributed by atoms with Crippen molar-refractivity contribution in [1.82, 2.24) is 5.32 Å². The first-order chi connectivity index (χ1) is 8.16. The quantitative estimate of drug-likeness (QED) is 0.591. The predicted octanol–water partition coefficient (Wildman–Crippen LogP) is 0.273. The lowest BCUT2D eigenvalue weighted by Gasteiger charge is -2.22. The Morgan fingerprint density at radius 3 is 1.89 bits per heavy atom. The van der Waals surface area contributed by atoms with Gasteiger partial charge in [0.2, 0.25) is 5.78 Å². The molecule has 104 valence electrons. The van der Waals surface area contributed by atoms with Crippen LogP contribution in [0, 0.1) is 5.92 Å². The molecule has 0 amide bonds. The molecule has 0 radical (unpaired) electrons. The van der Waals surface area contributed by atoms with Gasteiger partial charge < -0.3 is 15.5 Å². The minimum absolute atomic E-state index is 0.165. The molecule has 1 saturated heterocycles. The zero-order valence-electron chi connectivity index (χ0n) is 9.16. The highest BCUT2D eigenvalue weighted by Crippen LogP contribution is 2.24. The molecule has 0 saturated carbocycles. The Balaban J connectivity index is 0.000000411. The maximum Gasteiger partial charge on any atom is 0.450 e. The Morgan fingerprint density at radius 2 is 1.61 bits per heavy atom. The van der Waals surface area contributed by atoms with Gasteiger partial charge in [0.15, 0.2) is 0 Å². The summed E-state index contributed by atoms with van der Waals surface area (Å²) in [5, 5.41) is 17.5. The number of aliphatic carboxylic acids is 2. The van der Waals surface area contributed by atoms with Gasteiger partial charge in [0.25, 0.3) is 0 Å². The maximum absolute atomic E-state index is 11.9. The van der Waals surface area contributed by atoms with Crippen molar-refractivity contribution < 1.29 is 37.8 Å². The monoisotopic (exact) mass is 271 g/mol. The lowest BCUT2D eigenvalue weighted by atomic mass is 9.95. The minimum atomic E-state index is -4.66. The van der Waals surface area contributed by atoms with Gasteiger partial charge in [-0.25, -0.2) is 9.59 Å². The van der Waals surface area contributed by atoms with Crippen LogP contribution in [0.5, 0.6) is 0 Å². The second-order valence-electron chi connectivity index (χ2n) is 3.52. The molecule has 0 spiro atoms. The molecule has 18 heavy (non-hydrogen) atoms. The molecule has 0 aromatic heterocycles. The van der Waals surface area contributed by atoms with Gasteiger partial charge in [0, 0.05) is 12.5 Å². The number of carbonyl (C=O) groups excluding carboxylic acids is 1. The van der Waals surface area contributed by atoms with Gasteiger partial charge in [0.05, 0.1) is 0 Å². The highest BCUT2D eigenvalue weighted by molar-refractivity contribution is 6.27. The molecule has 0 aromatic rings. The van der Waals surface area contributed by atoms with Crippen LogP contribution in [0.15, 0.2) is 0 Å². The molecule has 0 aliphatic carbocycles. The van der Waals surface area contributed by atoms with E-state index in [-0.39, 0.29) is 6.54 Å². The third-order valence-corrected chi connectivity index (χ3v) is 2.13. The molecule has 1 rings (SSSR count). The number of Topliss-reactive ketones (excluding diaryl/α,β-unsaturated/α-hetero) is 1. The Hall–Kier alpha value is -1.64. The molecule has 1 fully saturated rings. The van der Waals surface area contributed by atoms with Crippen LogP contribution < -0.4 is 5.32 Å². The van der Waals surface area contributed by atoms with E-state index in [1.165, 1.54) is 0 Å². The number of hydrogen-bond acceptors (Lipinski definition) is 4. The lowest BCUT2D eigenvalue weighted by Crippen LogP contribution is -2.40. The van der Waals surface area contributed by atoms with Crippen LogP contribution in [0.2, 0.25) is 0 Å². The summed E-state index contributed by atoms with van der Waals surface area (Å²) >= 11 is 0. The number of nitrogens with one attached hydrogen (secondary N) is 1. The number of rotatable bonds is 1. The van der Waals surface area contributed by atoms with Crippen LogP contribution in [0.25, 0.3) is 0 Å². The lowest BCUT2D eigenvalue weighted by molar-refractivity contribution is -0.176. The number of carboxylic acids is 2. The number of halogens is 3. The molecular formula is C9H12F3NO5. The van der Waals surface area contributed by atoms with Gasteiger partial charge in [-0.15, -0.1) is 0 Å². The smallest absolute Gasteiger partial charge is 0.450 e. The van der Waals surface area contributed by atoms with Gasteiger partial charge >= 0.3 is 18.1 Å². The summed E-state index contributed by atoms with van der Waals surface area (Å²) in [7, 11) is 0. The van der Waals surface area contributed by atoms with Crippen LogP contribution in [0.1, 0.15) is 12.8 Å². The summed E-state index contributed by atoms with van der Waals surface area (Å²) < 4.78 is 35.6. The molecule has 1 aliphatic heterocycles. The van der Waals surface area contributed by atoms with E-state index in [0.717, 1.165) is 0 Å². The highest BCUT2D eigenvalue weighted by atomic mass is 19.4. The molecule has 9 heteroatoms. The molecule has 1 aliphatic rings. The van der Waals surface area contributed by atoms with Crippen molar-refractivity contribution >= 4 is 17.7 Å². The van der Waals surface area contributed by atoms with Crippen molar-refractivity contribution in [1.29, 1.82) is 0 Å². The average molecular weight is 271 g/mol. The Kier molecular flexibility index (Phi) is 6.31. The number of hydrogen-bond donors (Lipinski definition) is 3. The molecule has 1 atom stereocenters. The van der Waals surface area contributed by atoms with E-state index in [0.29, 0.717) is 19.4 Å². The maximum atomic E-state index is 11.9. The number of piperidine rings is 1. The molecule has 0 aromatic carbocycles. The summed E-state index contributed by atoms with van der Waals surface area (Å²) in [6.07, 6.45) is -3.67. The fourth-order valence-corrected chi connectivity index (χ4v) is 1.31. The molecule has 3 N–H and O–H groups in total. The van der Waals surface area contributed by atoms with Crippen molar-refractivity contribution in [3.63, 3.8) is 0 Å². The van der Waals surface area contributed by atoms with E-state index in [2.05, 4.69) is 5.32 Å². The highest BCUT2D eigenvalue weighted by Gasteiger charge is 2.43. The second-order valence-corrected chi connectivity index (χ2v) is 3.52. The zero-order chi connectivity index (χ0) is 14.3. The van der Waals surface area contributed by atoms with E-state index in [1.807, 2.05) is 0 Å². The van der Waals surface area contributed by atoms with Crippen molar-refractivity contribution in [2.75, 3.05) is 13.1 Å². The fraction of sp³-hybridized carbons (Fsp3) is 0.667. The Bertz CT molecular complexity index is 311. The summed E-state index contributed by atoms with van der Waals surface area (Å²) in [5.74, 6) is -6.10. The van der Waals surface area contributed by atoms with Crippen LogP contribution in [-0.4, -0.2) is 47.2 Å². The van der Waals surface area contributed by atoms with Gasteiger partial charge in [-0.05, 0) is 19.4 Å². The predicted molar refractivity (Wildman–Crippen MR) is 51.9 cm³/mol. The molecule has 1 unspecified atom stereocenters.